The van der Waals surface area contributed by atoms with E-state index >= 15 is 0 Å². The Morgan fingerprint density at radius 2 is 2.00 bits per heavy atom. The van der Waals surface area contributed by atoms with Crippen LogP contribution >= 0.6 is 23.5 Å². The van der Waals surface area contributed by atoms with Crippen molar-refractivity contribution in [1.29, 1.82) is 0 Å². The summed E-state index contributed by atoms with van der Waals surface area (Å²) in [7, 11) is 0. The molecule has 1 aromatic carbocycles. The van der Waals surface area contributed by atoms with Crippen molar-refractivity contribution >= 4 is 46.2 Å². The Labute approximate surface area is 113 Å². The maximum atomic E-state index is 12.0. The molecule has 7 heteroatoms. The first-order valence-corrected chi connectivity index (χ1v) is 7.57. The maximum absolute atomic E-state index is 12.0. The standard InChI is InChI=1S/C11H12N4OS2/c16-11(15-3-5-17-6-4-15)12-8-1-2-9-10(7-8)14-18-13-9/h1-2,7H,3-6H2,(H,12,16). The van der Waals surface area contributed by atoms with Crippen molar-refractivity contribution in [1.82, 2.24) is 13.6 Å². The van der Waals surface area contributed by atoms with Crippen LogP contribution in [0.15, 0.2) is 18.2 Å². The second-order valence-electron chi connectivity index (χ2n) is 4.00. The molecule has 1 aromatic heterocycles. The van der Waals surface area contributed by atoms with E-state index in [1.165, 1.54) is 11.7 Å². The Hall–Kier alpha value is -1.34. The number of nitrogens with one attached hydrogen (secondary N) is 1. The largest absolute Gasteiger partial charge is 0.323 e. The summed E-state index contributed by atoms with van der Waals surface area (Å²) >= 11 is 3.07. The van der Waals surface area contributed by atoms with Crippen molar-refractivity contribution < 1.29 is 4.79 Å². The fraction of sp³-hybridized carbons (Fsp3) is 0.364. The summed E-state index contributed by atoms with van der Waals surface area (Å²) in [6.07, 6.45) is 0. The fourth-order valence-corrected chi connectivity index (χ4v) is 3.25. The zero-order valence-electron chi connectivity index (χ0n) is 9.63. The van der Waals surface area contributed by atoms with Gasteiger partial charge in [-0.05, 0) is 18.2 Å². The van der Waals surface area contributed by atoms with Crippen molar-refractivity contribution in [2.45, 2.75) is 0 Å². The molecule has 18 heavy (non-hydrogen) atoms. The second-order valence-corrected chi connectivity index (χ2v) is 5.75. The van der Waals surface area contributed by atoms with E-state index in [0.717, 1.165) is 41.3 Å². The lowest BCUT2D eigenvalue weighted by Gasteiger charge is -2.26. The molecule has 1 fully saturated rings. The van der Waals surface area contributed by atoms with Gasteiger partial charge in [0.1, 0.15) is 11.0 Å². The molecular formula is C11H12N4OS2. The molecule has 94 valence electrons. The number of hydrogen-bond donors (Lipinski definition) is 1. The minimum absolute atomic E-state index is 0.0298. The van der Waals surface area contributed by atoms with E-state index in [-0.39, 0.29) is 6.03 Å². The molecule has 1 aliphatic heterocycles. The molecule has 0 bridgehead atoms. The van der Waals surface area contributed by atoms with Gasteiger partial charge in [0.2, 0.25) is 0 Å². The summed E-state index contributed by atoms with van der Waals surface area (Å²) in [6.45, 7) is 1.63. The van der Waals surface area contributed by atoms with E-state index in [9.17, 15) is 4.79 Å². The van der Waals surface area contributed by atoms with Gasteiger partial charge in [-0.1, -0.05) is 0 Å². The number of carbonyl (C=O) groups excluding carboxylic acids is 1. The zero-order chi connectivity index (χ0) is 12.4. The fourth-order valence-electron chi connectivity index (χ4n) is 1.83. The molecule has 1 aliphatic rings. The van der Waals surface area contributed by atoms with Gasteiger partial charge in [0.25, 0.3) is 0 Å². The first kappa shape index (κ1) is 11.7. The molecule has 0 atom stereocenters. The van der Waals surface area contributed by atoms with Crippen LogP contribution in [0.25, 0.3) is 11.0 Å². The van der Waals surface area contributed by atoms with Gasteiger partial charge in [-0.15, -0.1) is 0 Å². The van der Waals surface area contributed by atoms with Crippen molar-refractivity contribution in [3.05, 3.63) is 18.2 Å². The van der Waals surface area contributed by atoms with Crippen molar-refractivity contribution in [2.24, 2.45) is 0 Å². The molecule has 3 rings (SSSR count). The third-order valence-electron chi connectivity index (χ3n) is 2.80. The Morgan fingerprint density at radius 3 is 2.83 bits per heavy atom. The average molecular weight is 280 g/mol. The lowest BCUT2D eigenvalue weighted by Crippen LogP contribution is -2.40. The van der Waals surface area contributed by atoms with Crippen LogP contribution in [0.3, 0.4) is 0 Å². The highest BCUT2D eigenvalue weighted by atomic mass is 32.2. The van der Waals surface area contributed by atoms with E-state index in [2.05, 4.69) is 14.1 Å². The first-order valence-electron chi connectivity index (χ1n) is 5.69. The average Bonchev–Trinajstić information content (AvgIpc) is 2.87. The van der Waals surface area contributed by atoms with E-state index in [0.29, 0.717) is 0 Å². The lowest BCUT2D eigenvalue weighted by atomic mass is 10.3. The van der Waals surface area contributed by atoms with Gasteiger partial charge in [0.15, 0.2) is 0 Å². The topological polar surface area (TPSA) is 58.1 Å². The molecular weight excluding hydrogens is 268 g/mol. The normalized spacial score (nSPS) is 15.9. The number of rotatable bonds is 1. The van der Waals surface area contributed by atoms with Crippen LogP contribution < -0.4 is 5.32 Å². The molecule has 5 nitrogen and oxygen atoms in total. The van der Waals surface area contributed by atoms with Gasteiger partial charge in [0.05, 0.1) is 11.7 Å². The minimum atomic E-state index is -0.0298. The molecule has 0 spiro atoms. The predicted molar refractivity (Wildman–Crippen MR) is 75.3 cm³/mol. The molecule has 0 saturated carbocycles. The van der Waals surface area contributed by atoms with Gasteiger partial charge < -0.3 is 10.2 Å². The Kier molecular flexibility index (Phi) is 3.33. The number of benzene rings is 1. The number of thioether (sulfide) groups is 1. The van der Waals surface area contributed by atoms with Crippen LogP contribution in [0.4, 0.5) is 10.5 Å². The molecule has 2 heterocycles. The van der Waals surface area contributed by atoms with Crippen LogP contribution in [0.5, 0.6) is 0 Å². The van der Waals surface area contributed by atoms with Gasteiger partial charge in [-0.25, -0.2) is 4.79 Å². The second kappa shape index (κ2) is 5.11. The van der Waals surface area contributed by atoms with Gasteiger partial charge in [-0.3, -0.25) is 0 Å². The number of anilines is 1. The number of carbonyl (C=O) groups is 1. The van der Waals surface area contributed by atoms with Crippen molar-refractivity contribution in [3.63, 3.8) is 0 Å². The highest BCUT2D eigenvalue weighted by Crippen LogP contribution is 2.18. The quantitative estimate of drug-likeness (QED) is 0.870. The predicted octanol–water partition coefficient (Wildman–Crippen LogP) is 2.27. The molecule has 1 N–H and O–H groups in total. The third kappa shape index (κ3) is 2.41. The Bertz CT molecular complexity index is 565. The van der Waals surface area contributed by atoms with Crippen molar-refractivity contribution in [3.8, 4) is 0 Å². The summed E-state index contributed by atoms with van der Waals surface area (Å²) in [4.78, 5) is 13.9. The number of hydrogen-bond acceptors (Lipinski definition) is 5. The molecule has 2 aromatic rings. The summed E-state index contributed by atoms with van der Waals surface area (Å²) in [5.74, 6) is 2.03. The third-order valence-corrected chi connectivity index (χ3v) is 4.30. The number of nitrogens with zero attached hydrogens (tertiary/aromatic N) is 3. The number of fused-ring (bicyclic) bond motifs is 1. The molecule has 2 amide bonds. The summed E-state index contributed by atoms with van der Waals surface area (Å²) in [5.41, 5.74) is 2.47. The molecule has 0 unspecified atom stereocenters. The van der Waals surface area contributed by atoms with E-state index in [4.69, 9.17) is 0 Å². The van der Waals surface area contributed by atoms with Crippen LogP contribution in [0.2, 0.25) is 0 Å². The van der Waals surface area contributed by atoms with Crippen LogP contribution in [0, 0.1) is 0 Å². The van der Waals surface area contributed by atoms with E-state index in [1.807, 2.05) is 34.9 Å². The maximum Gasteiger partial charge on any atom is 0.321 e. The summed E-state index contributed by atoms with van der Waals surface area (Å²) < 4.78 is 8.29. The smallest absolute Gasteiger partial charge is 0.321 e. The molecule has 0 radical (unpaired) electrons. The van der Waals surface area contributed by atoms with E-state index in [1.54, 1.807) is 0 Å². The SMILES string of the molecule is O=C(Nc1ccc2nsnc2c1)N1CCSCC1. The van der Waals surface area contributed by atoms with Crippen LogP contribution in [0.1, 0.15) is 0 Å². The van der Waals surface area contributed by atoms with Crippen LogP contribution in [-0.2, 0) is 0 Å². The lowest BCUT2D eigenvalue weighted by molar-refractivity contribution is 0.217. The molecule has 1 saturated heterocycles. The minimum Gasteiger partial charge on any atom is -0.323 e. The highest BCUT2D eigenvalue weighted by Gasteiger charge is 2.16. The summed E-state index contributed by atoms with van der Waals surface area (Å²) in [5, 5.41) is 2.91. The Balaban J connectivity index is 1.72. The summed E-state index contributed by atoms with van der Waals surface area (Å²) in [6, 6.07) is 5.56. The van der Waals surface area contributed by atoms with Gasteiger partial charge in [-0.2, -0.15) is 20.5 Å². The van der Waals surface area contributed by atoms with Gasteiger partial charge >= 0.3 is 6.03 Å². The Morgan fingerprint density at radius 1 is 1.22 bits per heavy atom. The highest BCUT2D eigenvalue weighted by molar-refractivity contribution is 7.99. The van der Waals surface area contributed by atoms with E-state index < -0.39 is 0 Å². The van der Waals surface area contributed by atoms with Crippen LogP contribution in [-0.4, -0.2) is 44.3 Å². The van der Waals surface area contributed by atoms with Gasteiger partial charge in [0, 0.05) is 30.3 Å². The number of aromatic nitrogens is 2. The zero-order valence-corrected chi connectivity index (χ0v) is 11.3. The molecule has 0 aliphatic carbocycles. The number of urea groups is 1. The first-order chi connectivity index (χ1) is 8.83. The number of amides is 2. The monoisotopic (exact) mass is 280 g/mol. The van der Waals surface area contributed by atoms with Crippen molar-refractivity contribution in [2.75, 3.05) is 29.9 Å².